The van der Waals surface area contributed by atoms with Crippen molar-refractivity contribution in [3.05, 3.63) is 34.9 Å². The molecule has 1 aromatic carbocycles. The molecule has 2 unspecified atom stereocenters. The number of ketones is 1. The van der Waals surface area contributed by atoms with Gasteiger partial charge in [-0.25, -0.2) is 0 Å². The molecule has 0 spiro atoms. The van der Waals surface area contributed by atoms with Crippen LogP contribution in [0.15, 0.2) is 18.2 Å². The van der Waals surface area contributed by atoms with E-state index in [1.54, 1.807) is 0 Å². The molecule has 0 radical (unpaired) electrons. The van der Waals surface area contributed by atoms with E-state index in [1.807, 2.05) is 12.1 Å². The van der Waals surface area contributed by atoms with Crippen LogP contribution < -0.4 is 0 Å². The number of carbonyl (C=O) groups is 1. The Hall–Kier alpha value is -1.11. The van der Waals surface area contributed by atoms with Gasteiger partial charge < -0.3 is 0 Å². The van der Waals surface area contributed by atoms with Crippen molar-refractivity contribution in [2.45, 2.75) is 38.5 Å². The van der Waals surface area contributed by atoms with Crippen LogP contribution in [0.1, 0.15) is 53.6 Å². The van der Waals surface area contributed by atoms with Gasteiger partial charge in [-0.2, -0.15) is 0 Å². The second-order valence-electron chi connectivity index (χ2n) is 4.97. The van der Waals surface area contributed by atoms with Gasteiger partial charge in [0.1, 0.15) is 0 Å². The van der Waals surface area contributed by atoms with Crippen molar-refractivity contribution in [1.82, 2.24) is 0 Å². The van der Waals surface area contributed by atoms with Crippen LogP contribution in [-0.4, -0.2) is 5.78 Å². The predicted octanol–water partition coefficient (Wildman–Crippen LogP) is 3.33. The summed E-state index contributed by atoms with van der Waals surface area (Å²) in [7, 11) is 0. The second kappa shape index (κ2) is 3.19. The minimum absolute atomic E-state index is 0.232. The van der Waals surface area contributed by atoms with Crippen LogP contribution in [0.3, 0.4) is 0 Å². The Morgan fingerprint density at radius 1 is 1.33 bits per heavy atom. The number of aryl methyl sites for hydroxylation is 1. The largest absolute Gasteiger partial charge is 0.294 e. The normalized spacial score (nSPS) is 28.7. The first kappa shape index (κ1) is 9.14. The molecule has 0 N–H and O–H groups in total. The highest BCUT2D eigenvalue weighted by Gasteiger charge is 2.33. The zero-order valence-corrected chi connectivity index (χ0v) is 9.12. The molecule has 1 heteroatoms. The van der Waals surface area contributed by atoms with Gasteiger partial charge in [0, 0.05) is 11.5 Å². The average Bonchev–Trinajstić information content (AvgIpc) is 2.26. The Morgan fingerprint density at radius 2 is 2.20 bits per heavy atom. The molecule has 1 aromatic rings. The predicted molar refractivity (Wildman–Crippen MR) is 60.2 cm³/mol. The van der Waals surface area contributed by atoms with Gasteiger partial charge in [-0.15, -0.1) is 0 Å². The fourth-order valence-corrected chi connectivity index (χ4v) is 3.25. The number of carbonyl (C=O) groups excluding carboxylic acids is 1. The van der Waals surface area contributed by atoms with E-state index >= 15 is 0 Å². The van der Waals surface area contributed by atoms with Crippen molar-refractivity contribution >= 4 is 5.78 Å². The monoisotopic (exact) mass is 200 g/mol. The zero-order valence-electron chi connectivity index (χ0n) is 9.12. The van der Waals surface area contributed by atoms with Crippen molar-refractivity contribution in [3.8, 4) is 0 Å². The third-order valence-electron chi connectivity index (χ3n) is 3.95. The van der Waals surface area contributed by atoms with Crippen molar-refractivity contribution in [3.63, 3.8) is 0 Å². The fraction of sp³-hybridized carbons (Fsp3) is 0.500. The van der Waals surface area contributed by atoms with Crippen LogP contribution in [0, 0.1) is 5.92 Å². The number of benzene rings is 1. The van der Waals surface area contributed by atoms with Crippen LogP contribution in [0.4, 0.5) is 0 Å². The number of hydrogen-bond donors (Lipinski definition) is 0. The van der Waals surface area contributed by atoms with Gasteiger partial charge in [0.15, 0.2) is 5.78 Å². The Labute approximate surface area is 90.5 Å². The Balaban J connectivity index is 2.22. The molecule has 0 bridgehead atoms. The summed E-state index contributed by atoms with van der Waals surface area (Å²) in [4.78, 5) is 12.1. The SMILES string of the molecule is CC1CC2CCCc3cccc(c32)C1=O. The van der Waals surface area contributed by atoms with Crippen molar-refractivity contribution in [2.75, 3.05) is 0 Å². The number of Topliss-reactive ketones (excluding diaryl/α,β-unsaturated/α-hetero) is 1. The summed E-state index contributed by atoms with van der Waals surface area (Å²) in [6, 6.07) is 6.27. The first-order valence-corrected chi connectivity index (χ1v) is 5.93. The van der Waals surface area contributed by atoms with E-state index in [-0.39, 0.29) is 5.92 Å². The lowest BCUT2D eigenvalue weighted by Gasteiger charge is -2.33. The minimum atomic E-state index is 0.232. The summed E-state index contributed by atoms with van der Waals surface area (Å²) in [5.74, 6) is 1.26. The number of rotatable bonds is 0. The maximum Gasteiger partial charge on any atom is 0.165 e. The molecule has 0 aliphatic heterocycles. The molecule has 0 saturated heterocycles. The highest BCUT2D eigenvalue weighted by molar-refractivity contribution is 6.00. The molecule has 1 nitrogen and oxygen atoms in total. The van der Waals surface area contributed by atoms with E-state index in [2.05, 4.69) is 13.0 Å². The molecule has 0 heterocycles. The topological polar surface area (TPSA) is 17.1 Å². The molecule has 0 fully saturated rings. The lowest BCUT2D eigenvalue weighted by atomic mass is 9.70. The lowest BCUT2D eigenvalue weighted by molar-refractivity contribution is 0.0901. The van der Waals surface area contributed by atoms with E-state index in [0.717, 1.165) is 12.0 Å². The molecule has 78 valence electrons. The highest BCUT2D eigenvalue weighted by atomic mass is 16.1. The average molecular weight is 200 g/mol. The van der Waals surface area contributed by atoms with Gasteiger partial charge >= 0.3 is 0 Å². The quantitative estimate of drug-likeness (QED) is 0.627. The van der Waals surface area contributed by atoms with E-state index < -0.39 is 0 Å². The molecule has 0 amide bonds. The van der Waals surface area contributed by atoms with Gasteiger partial charge in [0.05, 0.1) is 0 Å². The molecule has 2 aliphatic rings. The summed E-state index contributed by atoms with van der Waals surface area (Å²) in [5, 5.41) is 0. The number of hydrogen-bond acceptors (Lipinski definition) is 1. The second-order valence-corrected chi connectivity index (χ2v) is 4.97. The van der Waals surface area contributed by atoms with E-state index in [4.69, 9.17) is 0 Å². The minimum Gasteiger partial charge on any atom is -0.294 e. The molecule has 2 atom stereocenters. The smallest absolute Gasteiger partial charge is 0.165 e. The van der Waals surface area contributed by atoms with Gasteiger partial charge in [0.25, 0.3) is 0 Å². The van der Waals surface area contributed by atoms with Gasteiger partial charge in [-0.3, -0.25) is 4.79 Å². The first-order valence-electron chi connectivity index (χ1n) is 5.93. The van der Waals surface area contributed by atoms with Gasteiger partial charge in [-0.05, 0) is 42.7 Å². The van der Waals surface area contributed by atoms with Crippen LogP contribution in [0.25, 0.3) is 0 Å². The maximum absolute atomic E-state index is 12.1. The molecule has 3 rings (SSSR count). The summed E-state index contributed by atoms with van der Waals surface area (Å²) < 4.78 is 0. The standard InChI is InChI=1S/C14H16O/c1-9-8-11-6-2-4-10-5-3-7-12(13(10)11)14(9)15/h3,5,7,9,11H,2,4,6,8H2,1H3. The van der Waals surface area contributed by atoms with Crippen LogP contribution in [0.2, 0.25) is 0 Å². The third-order valence-corrected chi connectivity index (χ3v) is 3.95. The van der Waals surface area contributed by atoms with Gasteiger partial charge in [-0.1, -0.05) is 25.1 Å². The third kappa shape index (κ3) is 1.26. The van der Waals surface area contributed by atoms with E-state index in [0.29, 0.717) is 11.7 Å². The Morgan fingerprint density at radius 3 is 3.07 bits per heavy atom. The molecule has 0 aromatic heterocycles. The van der Waals surface area contributed by atoms with E-state index in [1.165, 1.54) is 30.4 Å². The van der Waals surface area contributed by atoms with Crippen molar-refractivity contribution < 1.29 is 4.79 Å². The Bertz CT molecular complexity index is 419. The molecular weight excluding hydrogens is 184 g/mol. The summed E-state index contributed by atoms with van der Waals surface area (Å²) in [6.07, 6.45) is 4.81. The lowest BCUT2D eigenvalue weighted by Crippen LogP contribution is -2.26. The molecule has 2 aliphatic carbocycles. The highest BCUT2D eigenvalue weighted by Crippen LogP contribution is 2.42. The van der Waals surface area contributed by atoms with Crippen LogP contribution >= 0.6 is 0 Å². The van der Waals surface area contributed by atoms with Gasteiger partial charge in [0.2, 0.25) is 0 Å². The summed E-state index contributed by atoms with van der Waals surface area (Å²) in [5.41, 5.74) is 3.85. The molecule has 0 saturated carbocycles. The van der Waals surface area contributed by atoms with Crippen molar-refractivity contribution in [2.24, 2.45) is 5.92 Å². The zero-order chi connectivity index (χ0) is 10.4. The maximum atomic E-state index is 12.1. The molecular formula is C14H16O. The fourth-order valence-electron chi connectivity index (χ4n) is 3.25. The Kier molecular flexibility index (Phi) is 1.95. The van der Waals surface area contributed by atoms with E-state index in [9.17, 15) is 4.79 Å². The van der Waals surface area contributed by atoms with Crippen LogP contribution in [-0.2, 0) is 6.42 Å². The summed E-state index contributed by atoms with van der Waals surface area (Å²) >= 11 is 0. The molecule has 15 heavy (non-hydrogen) atoms. The summed E-state index contributed by atoms with van der Waals surface area (Å²) in [6.45, 7) is 2.08. The van der Waals surface area contributed by atoms with Crippen LogP contribution in [0.5, 0.6) is 0 Å². The van der Waals surface area contributed by atoms with Crippen molar-refractivity contribution in [1.29, 1.82) is 0 Å². The first-order chi connectivity index (χ1) is 7.27.